The van der Waals surface area contributed by atoms with Crippen molar-refractivity contribution in [1.29, 1.82) is 0 Å². The van der Waals surface area contributed by atoms with Crippen LogP contribution in [0.25, 0.3) is 11.1 Å². The average molecular weight is 467 g/mol. The van der Waals surface area contributed by atoms with E-state index in [2.05, 4.69) is 29.6 Å². The third-order valence-electron chi connectivity index (χ3n) is 6.66. The van der Waals surface area contributed by atoms with Gasteiger partial charge in [-0.15, -0.1) is 0 Å². The molecule has 0 radical (unpaired) electrons. The Morgan fingerprint density at radius 3 is 2.35 bits per heavy atom. The zero-order valence-electron chi connectivity index (χ0n) is 19.5. The second-order valence-corrected chi connectivity index (χ2v) is 8.98. The number of carboxylic acids is 1. The Hall–Kier alpha value is -3.39. The smallest absolute Gasteiger partial charge is 0.407 e. The van der Waals surface area contributed by atoms with Crippen molar-refractivity contribution in [2.24, 2.45) is 0 Å². The first-order valence-corrected chi connectivity index (χ1v) is 11.6. The monoisotopic (exact) mass is 466 g/mol. The minimum Gasteiger partial charge on any atom is -0.479 e. The third kappa shape index (κ3) is 4.77. The molecule has 1 unspecified atom stereocenters. The van der Waals surface area contributed by atoms with E-state index in [0.717, 1.165) is 22.3 Å². The highest BCUT2D eigenvalue weighted by molar-refractivity contribution is 5.82. The van der Waals surface area contributed by atoms with E-state index in [1.54, 1.807) is 0 Å². The lowest BCUT2D eigenvalue weighted by Gasteiger charge is -2.38. The van der Waals surface area contributed by atoms with Gasteiger partial charge >= 0.3 is 12.1 Å². The molecule has 8 nitrogen and oxygen atoms in total. The van der Waals surface area contributed by atoms with Gasteiger partial charge in [0.1, 0.15) is 6.61 Å². The number of alkyl carbamates (subject to hydrolysis) is 1. The Balaban J connectivity index is 1.34. The number of carboxylic acid groups (broad SMARTS) is 1. The molecular weight excluding hydrogens is 436 g/mol. The van der Waals surface area contributed by atoms with E-state index in [1.165, 1.54) is 11.8 Å². The quantitative estimate of drug-likeness (QED) is 0.648. The predicted molar refractivity (Wildman–Crippen MR) is 125 cm³/mol. The summed E-state index contributed by atoms with van der Waals surface area (Å²) in [5, 5.41) is 12.2. The summed E-state index contributed by atoms with van der Waals surface area (Å²) in [6, 6.07) is 15.8. The highest BCUT2D eigenvalue weighted by Crippen LogP contribution is 2.44. The van der Waals surface area contributed by atoms with Gasteiger partial charge in [0.2, 0.25) is 5.91 Å². The molecule has 1 heterocycles. The molecule has 1 fully saturated rings. The zero-order valence-corrected chi connectivity index (χ0v) is 19.5. The van der Waals surface area contributed by atoms with Gasteiger partial charge in [0.15, 0.2) is 5.60 Å². The van der Waals surface area contributed by atoms with Crippen molar-refractivity contribution < 1.29 is 29.0 Å². The van der Waals surface area contributed by atoms with Crippen molar-refractivity contribution >= 4 is 18.0 Å². The molecule has 2 atom stereocenters. The predicted octanol–water partition coefficient (Wildman–Crippen LogP) is 3.40. The fourth-order valence-corrected chi connectivity index (χ4v) is 4.66. The van der Waals surface area contributed by atoms with Gasteiger partial charge in [0.25, 0.3) is 0 Å². The highest BCUT2D eigenvalue weighted by atomic mass is 16.5. The van der Waals surface area contributed by atoms with Gasteiger partial charge in [-0.1, -0.05) is 55.5 Å². The van der Waals surface area contributed by atoms with Gasteiger partial charge in [-0.2, -0.15) is 0 Å². The lowest BCUT2D eigenvalue weighted by Crippen LogP contribution is -2.56. The number of nitrogens with zero attached hydrogens (tertiary/aromatic N) is 1. The molecule has 2 aromatic rings. The van der Waals surface area contributed by atoms with Crippen molar-refractivity contribution in [3.63, 3.8) is 0 Å². The number of carbonyl (C=O) groups excluding carboxylic acids is 2. The van der Waals surface area contributed by atoms with Crippen molar-refractivity contribution in [2.75, 3.05) is 26.3 Å². The summed E-state index contributed by atoms with van der Waals surface area (Å²) in [6.07, 6.45) is 0.0335. The molecule has 180 valence electrons. The van der Waals surface area contributed by atoms with E-state index in [-0.39, 0.29) is 38.0 Å². The number of benzene rings is 2. The Bertz CT molecular complexity index is 1040. The van der Waals surface area contributed by atoms with Crippen LogP contribution < -0.4 is 5.32 Å². The lowest BCUT2D eigenvalue weighted by atomic mass is 9.98. The zero-order chi connectivity index (χ0) is 24.3. The first kappa shape index (κ1) is 23.8. The molecule has 34 heavy (non-hydrogen) atoms. The van der Waals surface area contributed by atoms with Crippen LogP contribution in [-0.2, 0) is 19.1 Å². The molecule has 1 aliphatic heterocycles. The summed E-state index contributed by atoms with van der Waals surface area (Å²) >= 11 is 0. The molecule has 8 heteroatoms. The second-order valence-electron chi connectivity index (χ2n) is 8.98. The summed E-state index contributed by atoms with van der Waals surface area (Å²) in [7, 11) is 0. The lowest BCUT2D eigenvalue weighted by molar-refractivity contribution is -0.177. The third-order valence-corrected chi connectivity index (χ3v) is 6.66. The molecule has 0 saturated carbocycles. The maximum atomic E-state index is 12.8. The van der Waals surface area contributed by atoms with Crippen LogP contribution in [0.1, 0.15) is 43.7 Å². The molecule has 2 aromatic carbocycles. The fourth-order valence-electron chi connectivity index (χ4n) is 4.66. The summed E-state index contributed by atoms with van der Waals surface area (Å²) < 4.78 is 10.9. The van der Waals surface area contributed by atoms with Crippen molar-refractivity contribution in [3.05, 3.63) is 59.7 Å². The number of amides is 2. The van der Waals surface area contributed by atoms with E-state index >= 15 is 0 Å². The Morgan fingerprint density at radius 2 is 1.76 bits per heavy atom. The molecular formula is C26H30N2O6. The minimum atomic E-state index is -1.42. The normalized spacial score (nSPS) is 20.2. The number of aliphatic carboxylic acids is 1. The molecule has 1 aliphatic carbocycles. The van der Waals surface area contributed by atoms with Gasteiger partial charge in [0, 0.05) is 24.9 Å². The number of ether oxygens (including phenoxy) is 2. The molecule has 0 spiro atoms. The molecule has 2 amide bonds. The molecule has 2 N–H and O–H groups in total. The van der Waals surface area contributed by atoms with E-state index < -0.39 is 23.7 Å². The summed E-state index contributed by atoms with van der Waals surface area (Å²) in [4.78, 5) is 38.3. The maximum Gasteiger partial charge on any atom is 0.407 e. The van der Waals surface area contributed by atoms with Crippen LogP contribution in [0, 0.1) is 0 Å². The minimum absolute atomic E-state index is 0.0253. The molecule has 0 bridgehead atoms. The largest absolute Gasteiger partial charge is 0.479 e. The van der Waals surface area contributed by atoms with E-state index in [9.17, 15) is 19.5 Å². The van der Waals surface area contributed by atoms with Crippen LogP contribution in [0.2, 0.25) is 0 Å². The number of rotatable bonds is 7. The standard InChI is InChI=1S/C26H30N2O6/c1-3-17(14-23(29)28-12-13-34-26(2,16-28)24(30)31)27-25(32)33-15-22-20-10-6-4-8-18(20)19-9-5-7-11-21(19)22/h4-11,17,22H,3,12-16H2,1-2H3,(H,27,32)(H,30,31)/t17-,26?/m1/s1. The van der Waals surface area contributed by atoms with Crippen LogP contribution in [0.3, 0.4) is 0 Å². The van der Waals surface area contributed by atoms with E-state index in [1.807, 2.05) is 31.2 Å². The van der Waals surface area contributed by atoms with Crippen molar-refractivity contribution in [3.8, 4) is 11.1 Å². The van der Waals surface area contributed by atoms with Crippen LogP contribution in [0.15, 0.2) is 48.5 Å². The Kier molecular flexibility index (Phi) is 6.88. The number of nitrogens with one attached hydrogen (secondary N) is 1. The van der Waals surface area contributed by atoms with Crippen LogP contribution in [0.4, 0.5) is 4.79 Å². The molecule has 1 saturated heterocycles. The number of hydrogen-bond donors (Lipinski definition) is 2. The number of hydrogen-bond acceptors (Lipinski definition) is 5. The van der Waals surface area contributed by atoms with Crippen LogP contribution in [-0.4, -0.2) is 65.9 Å². The topological polar surface area (TPSA) is 105 Å². The second kappa shape index (κ2) is 9.85. The highest BCUT2D eigenvalue weighted by Gasteiger charge is 2.41. The number of carbonyl (C=O) groups is 3. The van der Waals surface area contributed by atoms with E-state index in [0.29, 0.717) is 13.0 Å². The summed E-state index contributed by atoms with van der Waals surface area (Å²) in [5.41, 5.74) is 3.15. The molecule has 4 rings (SSSR count). The Morgan fingerprint density at radius 1 is 1.15 bits per heavy atom. The average Bonchev–Trinajstić information content (AvgIpc) is 3.16. The summed E-state index contributed by atoms with van der Waals surface area (Å²) in [5.74, 6) is -1.36. The number of fused-ring (bicyclic) bond motifs is 3. The van der Waals surface area contributed by atoms with Gasteiger partial charge in [-0.3, -0.25) is 4.79 Å². The van der Waals surface area contributed by atoms with Crippen molar-refractivity contribution in [2.45, 2.75) is 44.2 Å². The number of morpholine rings is 1. The first-order chi connectivity index (χ1) is 16.3. The van der Waals surface area contributed by atoms with Crippen LogP contribution >= 0.6 is 0 Å². The Labute approximate surface area is 198 Å². The van der Waals surface area contributed by atoms with Gasteiger partial charge in [-0.05, 0) is 35.6 Å². The van der Waals surface area contributed by atoms with Crippen LogP contribution in [0.5, 0.6) is 0 Å². The van der Waals surface area contributed by atoms with Crippen molar-refractivity contribution in [1.82, 2.24) is 10.2 Å². The van der Waals surface area contributed by atoms with Gasteiger partial charge < -0.3 is 24.8 Å². The SMILES string of the molecule is CC[C@H](CC(=O)N1CCOC(C)(C(=O)O)C1)NC(=O)OCC1c2ccccc2-c2ccccc21. The van der Waals surface area contributed by atoms with Gasteiger partial charge in [-0.25, -0.2) is 9.59 Å². The van der Waals surface area contributed by atoms with E-state index in [4.69, 9.17) is 9.47 Å². The fraction of sp³-hybridized carbons (Fsp3) is 0.423. The maximum absolute atomic E-state index is 12.8. The summed E-state index contributed by atoms with van der Waals surface area (Å²) in [6.45, 7) is 3.99. The molecule has 2 aliphatic rings. The molecule has 0 aromatic heterocycles. The first-order valence-electron chi connectivity index (χ1n) is 11.6. The van der Waals surface area contributed by atoms with Gasteiger partial charge in [0.05, 0.1) is 13.2 Å².